The van der Waals surface area contributed by atoms with Crippen LogP contribution in [0.4, 0.5) is 5.82 Å². The highest BCUT2D eigenvalue weighted by molar-refractivity contribution is 7.80. The molecule has 2 aromatic heterocycles. The molecule has 0 radical (unpaired) electrons. The Morgan fingerprint density at radius 2 is 2.24 bits per heavy atom. The first-order valence-electron chi connectivity index (χ1n) is 7.63. The second-order valence-corrected chi connectivity index (χ2v) is 6.58. The summed E-state index contributed by atoms with van der Waals surface area (Å²) >= 11 is 6.61. The molecule has 1 amide bonds. The zero-order valence-corrected chi connectivity index (χ0v) is 15.2. The summed E-state index contributed by atoms with van der Waals surface area (Å²) in [7, 11) is 0. The fourth-order valence-electron chi connectivity index (χ4n) is 2.11. The van der Waals surface area contributed by atoms with Crippen molar-refractivity contribution < 1.29 is 4.79 Å². The fourth-order valence-corrected chi connectivity index (χ4v) is 3.02. The predicted molar refractivity (Wildman–Crippen MR) is 104 cm³/mol. The number of nitrogens with two attached hydrogens (primary N) is 1. The molecule has 9 heteroatoms. The number of nitrogens with one attached hydrogen (secondary N) is 2. The van der Waals surface area contributed by atoms with E-state index in [9.17, 15) is 14.4 Å². The molecule has 2 rings (SSSR count). The molecule has 25 heavy (non-hydrogen) atoms. The van der Waals surface area contributed by atoms with E-state index in [-0.39, 0.29) is 16.4 Å². The average molecular weight is 378 g/mol. The predicted octanol–water partition coefficient (Wildman–Crippen LogP) is 1.49. The Morgan fingerprint density at radius 1 is 1.48 bits per heavy atom. The number of carbonyl (C=O) groups is 1. The Kier molecular flexibility index (Phi) is 6.43. The first-order valence-corrected chi connectivity index (χ1v) is 8.92. The number of thiophene rings is 1. The number of H-pyrrole nitrogens is 1. The van der Waals surface area contributed by atoms with Crippen molar-refractivity contribution in [2.75, 3.05) is 5.73 Å². The third-order valence-corrected chi connectivity index (χ3v) is 4.52. The van der Waals surface area contributed by atoms with E-state index >= 15 is 0 Å². The molecule has 0 aromatic carbocycles. The summed E-state index contributed by atoms with van der Waals surface area (Å²) in [5.41, 5.74) is 4.55. The highest BCUT2D eigenvalue weighted by Crippen LogP contribution is 2.10. The molecule has 7 nitrogen and oxygen atoms in total. The molecular formula is C16H18N4O3S2. The van der Waals surface area contributed by atoms with Crippen molar-refractivity contribution in [3.8, 4) is 0 Å². The van der Waals surface area contributed by atoms with Gasteiger partial charge >= 0.3 is 5.69 Å². The summed E-state index contributed by atoms with van der Waals surface area (Å²) in [4.78, 5) is 38.9. The quantitative estimate of drug-likeness (QED) is 0.521. The number of anilines is 1. The molecule has 2 aromatic rings. The van der Waals surface area contributed by atoms with Crippen LogP contribution >= 0.6 is 23.6 Å². The molecule has 0 unspecified atom stereocenters. The van der Waals surface area contributed by atoms with Crippen molar-refractivity contribution in [1.82, 2.24) is 14.9 Å². The first kappa shape index (κ1) is 18.8. The zero-order chi connectivity index (χ0) is 18.4. The van der Waals surface area contributed by atoms with Crippen molar-refractivity contribution in [2.45, 2.75) is 26.3 Å². The van der Waals surface area contributed by atoms with Crippen LogP contribution in [0.3, 0.4) is 0 Å². The zero-order valence-electron chi connectivity index (χ0n) is 13.6. The van der Waals surface area contributed by atoms with Gasteiger partial charge in [0.2, 0.25) is 5.91 Å². The topological polar surface area (TPSA) is 110 Å². The Bertz CT molecular complexity index is 910. The summed E-state index contributed by atoms with van der Waals surface area (Å²) in [6.07, 6.45) is 4.53. The van der Waals surface area contributed by atoms with Gasteiger partial charge in [0.1, 0.15) is 16.4 Å². The number of amides is 1. The van der Waals surface area contributed by atoms with Gasteiger partial charge in [0.15, 0.2) is 0 Å². The molecule has 0 bridgehead atoms. The number of aromatic nitrogens is 2. The third kappa shape index (κ3) is 4.74. The van der Waals surface area contributed by atoms with Gasteiger partial charge in [0, 0.05) is 17.5 Å². The number of nitrogens with zero attached hydrogens (tertiary/aromatic N) is 1. The minimum atomic E-state index is -0.720. The Hall–Kier alpha value is -2.52. The SMILES string of the molecule is CCCCn1c(N)c(C(=S)NC(=O)/C=C/c2cccs2)c(=O)[nH]c1=O. The summed E-state index contributed by atoms with van der Waals surface area (Å²) in [5, 5.41) is 4.33. The van der Waals surface area contributed by atoms with Gasteiger partial charge in [0.05, 0.1) is 0 Å². The largest absolute Gasteiger partial charge is 0.384 e. The molecule has 0 aliphatic rings. The molecule has 0 saturated carbocycles. The lowest BCUT2D eigenvalue weighted by Gasteiger charge is -2.13. The van der Waals surface area contributed by atoms with E-state index in [1.807, 2.05) is 24.4 Å². The number of rotatable bonds is 6. The van der Waals surface area contributed by atoms with Crippen LogP contribution in [0.15, 0.2) is 33.2 Å². The van der Waals surface area contributed by atoms with Crippen molar-refractivity contribution in [2.24, 2.45) is 0 Å². The van der Waals surface area contributed by atoms with Crippen LogP contribution in [-0.4, -0.2) is 20.4 Å². The lowest BCUT2D eigenvalue weighted by Crippen LogP contribution is -2.40. The minimum Gasteiger partial charge on any atom is -0.384 e. The Morgan fingerprint density at radius 3 is 2.88 bits per heavy atom. The van der Waals surface area contributed by atoms with E-state index in [4.69, 9.17) is 18.0 Å². The van der Waals surface area contributed by atoms with Crippen LogP contribution in [0.25, 0.3) is 6.08 Å². The summed E-state index contributed by atoms with van der Waals surface area (Å²) in [5.74, 6) is -0.529. The van der Waals surface area contributed by atoms with E-state index in [0.29, 0.717) is 6.54 Å². The van der Waals surface area contributed by atoms with Gasteiger partial charge in [-0.3, -0.25) is 19.1 Å². The molecule has 0 saturated heterocycles. The van der Waals surface area contributed by atoms with Gasteiger partial charge in [-0.25, -0.2) is 4.79 Å². The van der Waals surface area contributed by atoms with Crippen LogP contribution in [0, 0.1) is 0 Å². The smallest absolute Gasteiger partial charge is 0.329 e. The molecule has 132 valence electrons. The normalized spacial score (nSPS) is 10.9. The van der Waals surface area contributed by atoms with Gasteiger partial charge in [-0.2, -0.15) is 0 Å². The van der Waals surface area contributed by atoms with Crippen LogP contribution < -0.4 is 22.3 Å². The van der Waals surface area contributed by atoms with Crippen LogP contribution in [-0.2, 0) is 11.3 Å². The summed E-state index contributed by atoms with van der Waals surface area (Å²) < 4.78 is 1.25. The molecule has 2 heterocycles. The maximum absolute atomic E-state index is 12.1. The average Bonchev–Trinajstić information content (AvgIpc) is 3.06. The standard InChI is InChI=1S/C16H18N4O3S2/c1-2-3-8-20-13(17)12(14(22)19-16(20)23)15(24)18-11(21)7-6-10-5-4-9-25-10/h4-7,9H,2-3,8,17H2,1H3,(H,18,21,24)(H,19,22,23)/b7-6+. The maximum atomic E-state index is 12.1. The summed E-state index contributed by atoms with van der Waals surface area (Å²) in [6.45, 7) is 2.33. The molecular weight excluding hydrogens is 360 g/mol. The van der Waals surface area contributed by atoms with Gasteiger partial charge in [-0.15, -0.1) is 11.3 Å². The number of carbonyl (C=O) groups excluding carboxylic acids is 1. The van der Waals surface area contributed by atoms with Crippen molar-refractivity contribution in [3.63, 3.8) is 0 Å². The van der Waals surface area contributed by atoms with E-state index in [1.165, 1.54) is 22.0 Å². The maximum Gasteiger partial charge on any atom is 0.329 e. The lowest BCUT2D eigenvalue weighted by molar-refractivity contribution is -0.115. The monoisotopic (exact) mass is 378 g/mol. The van der Waals surface area contributed by atoms with Gasteiger partial charge < -0.3 is 11.1 Å². The Labute approximate surface area is 153 Å². The second-order valence-electron chi connectivity index (χ2n) is 5.19. The molecule has 0 spiro atoms. The second kappa shape index (κ2) is 8.54. The highest BCUT2D eigenvalue weighted by Gasteiger charge is 2.17. The molecule has 0 aliphatic heterocycles. The number of thiocarbonyl (C=S) groups is 1. The third-order valence-electron chi connectivity index (χ3n) is 3.38. The van der Waals surface area contributed by atoms with Crippen molar-refractivity contribution >= 4 is 46.3 Å². The van der Waals surface area contributed by atoms with E-state index in [1.54, 1.807) is 6.08 Å². The summed E-state index contributed by atoms with van der Waals surface area (Å²) in [6, 6.07) is 3.73. The minimum absolute atomic E-state index is 0.0465. The van der Waals surface area contributed by atoms with Crippen LogP contribution in [0.1, 0.15) is 30.2 Å². The van der Waals surface area contributed by atoms with Gasteiger partial charge in [-0.1, -0.05) is 31.6 Å². The number of unbranched alkanes of at least 4 members (excludes halogenated alkanes) is 1. The number of aromatic amines is 1. The van der Waals surface area contributed by atoms with Gasteiger partial charge in [-0.05, 0) is 23.9 Å². The van der Waals surface area contributed by atoms with Crippen LogP contribution in [0.2, 0.25) is 0 Å². The van der Waals surface area contributed by atoms with E-state index < -0.39 is 17.2 Å². The number of hydrogen-bond acceptors (Lipinski definition) is 6. The van der Waals surface area contributed by atoms with E-state index in [2.05, 4.69) is 10.3 Å². The molecule has 0 fully saturated rings. The number of hydrogen-bond donors (Lipinski definition) is 3. The first-order chi connectivity index (χ1) is 11.9. The van der Waals surface area contributed by atoms with Crippen molar-refractivity contribution in [1.29, 1.82) is 0 Å². The van der Waals surface area contributed by atoms with Gasteiger partial charge in [0.25, 0.3) is 5.56 Å². The highest BCUT2D eigenvalue weighted by atomic mass is 32.1. The molecule has 0 aliphatic carbocycles. The Balaban J connectivity index is 2.22. The molecule has 4 N–H and O–H groups in total. The lowest BCUT2D eigenvalue weighted by atomic mass is 10.2. The van der Waals surface area contributed by atoms with Crippen molar-refractivity contribution in [3.05, 3.63) is 54.9 Å². The van der Waals surface area contributed by atoms with E-state index in [0.717, 1.165) is 17.7 Å². The molecule has 0 atom stereocenters. The van der Waals surface area contributed by atoms with Crippen LogP contribution in [0.5, 0.6) is 0 Å². The fraction of sp³-hybridized carbons (Fsp3) is 0.250. The number of nitrogen functional groups attached to an aromatic ring is 1.